The Balaban J connectivity index is 1.92. The van der Waals surface area contributed by atoms with Crippen LogP contribution < -0.4 is 0 Å². The van der Waals surface area contributed by atoms with Crippen LogP contribution in [-0.2, 0) is 16.6 Å². The summed E-state index contributed by atoms with van der Waals surface area (Å²) >= 11 is 5.93. The standard InChI is InChI=1S/C11H11ClN4O/c12-9-3-8(1-2-13-9)11(5-17-6-11)4-10-14-7-15-16-10/h1-3,7H,4-6H2,(H,14,15,16). The minimum atomic E-state index is -0.0495. The lowest BCUT2D eigenvalue weighted by Gasteiger charge is -2.41. The summed E-state index contributed by atoms with van der Waals surface area (Å²) in [5.74, 6) is 0.862. The molecule has 1 N–H and O–H groups in total. The van der Waals surface area contributed by atoms with Crippen molar-refractivity contribution in [3.63, 3.8) is 0 Å². The molecule has 88 valence electrons. The number of nitrogens with zero attached hydrogens (tertiary/aromatic N) is 3. The second-order valence-corrected chi connectivity index (χ2v) is 4.64. The van der Waals surface area contributed by atoms with E-state index in [4.69, 9.17) is 16.3 Å². The third kappa shape index (κ3) is 1.92. The van der Waals surface area contributed by atoms with E-state index in [9.17, 15) is 0 Å². The lowest BCUT2D eigenvalue weighted by atomic mass is 9.76. The van der Waals surface area contributed by atoms with Crippen LogP contribution in [0.15, 0.2) is 24.7 Å². The number of hydrogen-bond donors (Lipinski definition) is 1. The second-order valence-electron chi connectivity index (χ2n) is 4.25. The quantitative estimate of drug-likeness (QED) is 0.836. The molecule has 17 heavy (non-hydrogen) atoms. The first-order valence-electron chi connectivity index (χ1n) is 5.33. The van der Waals surface area contributed by atoms with Crippen LogP contribution in [0.4, 0.5) is 0 Å². The van der Waals surface area contributed by atoms with Crippen molar-refractivity contribution in [3.05, 3.63) is 41.2 Å². The van der Waals surface area contributed by atoms with Gasteiger partial charge in [0, 0.05) is 18.0 Å². The van der Waals surface area contributed by atoms with E-state index in [-0.39, 0.29) is 5.41 Å². The topological polar surface area (TPSA) is 63.7 Å². The Morgan fingerprint density at radius 2 is 2.29 bits per heavy atom. The fraction of sp³-hybridized carbons (Fsp3) is 0.364. The molecule has 1 saturated heterocycles. The molecule has 2 aromatic heterocycles. The maximum absolute atomic E-state index is 5.93. The molecule has 0 atom stereocenters. The van der Waals surface area contributed by atoms with E-state index in [1.165, 1.54) is 6.33 Å². The van der Waals surface area contributed by atoms with Gasteiger partial charge >= 0.3 is 0 Å². The van der Waals surface area contributed by atoms with Crippen molar-refractivity contribution in [3.8, 4) is 0 Å². The molecule has 1 aliphatic rings. The number of rotatable bonds is 3. The Morgan fingerprint density at radius 3 is 2.88 bits per heavy atom. The Hall–Kier alpha value is -1.46. The summed E-state index contributed by atoms with van der Waals surface area (Å²) in [4.78, 5) is 8.16. The highest BCUT2D eigenvalue weighted by Gasteiger charge is 2.41. The molecule has 0 aromatic carbocycles. The normalized spacial score (nSPS) is 17.7. The van der Waals surface area contributed by atoms with Crippen molar-refractivity contribution in [2.45, 2.75) is 11.8 Å². The predicted molar refractivity (Wildman–Crippen MR) is 61.8 cm³/mol. The number of halogens is 1. The molecular weight excluding hydrogens is 240 g/mol. The first-order valence-corrected chi connectivity index (χ1v) is 5.70. The second kappa shape index (κ2) is 4.09. The first-order chi connectivity index (χ1) is 8.28. The van der Waals surface area contributed by atoms with Crippen LogP contribution in [0.25, 0.3) is 0 Å². The molecule has 3 heterocycles. The molecule has 2 aromatic rings. The molecule has 5 nitrogen and oxygen atoms in total. The average molecular weight is 251 g/mol. The summed E-state index contributed by atoms with van der Waals surface area (Å²) < 4.78 is 5.36. The third-order valence-corrected chi connectivity index (χ3v) is 3.27. The number of aromatic amines is 1. The predicted octanol–water partition coefficient (Wildman–Crippen LogP) is 1.36. The largest absolute Gasteiger partial charge is 0.379 e. The maximum Gasteiger partial charge on any atom is 0.137 e. The van der Waals surface area contributed by atoms with E-state index in [2.05, 4.69) is 20.2 Å². The molecule has 0 aliphatic carbocycles. The maximum atomic E-state index is 5.93. The Bertz CT molecular complexity index is 510. The average Bonchev–Trinajstić information content (AvgIpc) is 2.76. The van der Waals surface area contributed by atoms with E-state index in [1.54, 1.807) is 6.20 Å². The summed E-state index contributed by atoms with van der Waals surface area (Å²) in [5.41, 5.74) is 1.09. The summed E-state index contributed by atoms with van der Waals surface area (Å²) in [7, 11) is 0. The van der Waals surface area contributed by atoms with E-state index in [0.29, 0.717) is 18.4 Å². The summed E-state index contributed by atoms with van der Waals surface area (Å²) in [6, 6.07) is 3.87. The van der Waals surface area contributed by atoms with Crippen LogP contribution in [0.2, 0.25) is 5.15 Å². The van der Waals surface area contributed by atoms with Gasteiger partial charge in [0.1, 0.15) is 17.3 Å². The summed E-state index contributed by atoms with van der Waals surface area (Å²) in [6.07, 6.45) is 4.01. The highest BCUT2D eigenvalue weighted by Crippen LogP contribution is 2.35. The van der Waals surface area contributed by atoms with E-state index in [0.717, 1.165) is 17.8 Å². The zero-order valence-corrected chi connectivity index (χ0v) is 9.81. The molecule has 1 fully saturated rings. The van der Waals surface area contributed by atoms with Crippen LogP contribution in [-0.4, -0.2) is 33.4 Å². The summed E-state index contributed by atoms with van der Waals surface area (Å²) in [6.45, 7) is 1.35. The van der Waals surface area contributed by atoms with Crippen LogP contribution >= 0.6 is 11.6 Å². The van der Waals surface area contributed by atoms with E-state index in [1.807, 2.05) is 12.1 Å². The third-order valence-electron chi connectivity index (χ3n) is 3.07. The Morgan fingerprint density at radius 1 is 1.41 bits per heavy atom. The lowest BCUT2D eigenvalue weighted by molar-refractivity contribution is -0.0608. The lowest BCUT2D eigenvalue weighted by Crippen LogP contribution is -2.48. The van der Waals surface area contributed by atoms with Gasteiger partial charge in [0.2, 0.25) is 0 Å². The van der Waals surface area contributed by atoms with Crippen LogP contribution in [0.3, 0.4) is 0 Å². The van der Waals surface area contributed by atoms with Gasteiger partial charge in [-0.15, -0.1) is 0 Å². The van der Waals surface area contributed by atoms with Crippen molar-refractivity contribution >= 4 is 11.6 Å². The van der Waals surface area contributed by atoms with Gasteiger partial charge in [-0.3, -0.25) is 5.10 Å². The number of H-pyrrole nitrogens is 1. The summed E-state index contributed by atoms with van der Waals surface area (Å²) in [5, 5.41) is 7.25. The molecule has 6 heteroatoms. The molecule has 0 bridgehead atoms. The van der Waals surface area contributed by atoms with Gasteiger partial charge in [-0.25, -0.2) is 9.97 Å². The van der Waals surface area contributed by atoms with Gasteiger partial charge in [0.05, 0.1) is 13.2 Å². The number of pyridine rings is 1. The van der Waals surface area contributed by atoms with Crippen LogP contribution in [0.1, 0.15) is 11.4 Å². The van der Waals surface area contributed by atoms with Crippen LogP contribution in [0, 0.1) is 0 Å². The molecule has 0 radical (unpaired) electrons. The number of ether oxygens (including phenoxy) is 1. The van der Waals surface area contributed by atoms with Crippen LogP contribution in [0.5, 0.6) is 0 Å². The van der Waals surface area contributed by atoms with Crippen molar-refractivity contribution in [2.75, 3.05) is 13.2 Å². The number of aromatic nitrogens is 4. The number of hydrogen-bond acceptors (Lipinski definition) is 4. The highest BCUT2D eigenvalue weighted by atomic mass is 35.5. The highest BCUT2D eigenvalue weighted by molar-refractivity contribution is 6.29. The fourth-order valence-corrected chi connectivity index (χ4v) is 2.26. The Kier molecular flexibility index (Phi) is 2.57. The zero-order chi connectivity index (χ0) is 11.7. The molecule has 0 spiro atoms. The first kappa shape index (κ1) is 10.7. The van der Waals surface area contributed by atoms with Gasteiger partial charge in [-0.1, -0.05) is 11.6 Å². The minimum Gasteiger partial charge on any atom is -0.379 e. The number of nitrogens with one attached hydrogen (secondary N) is 1. The minimum absolute atomic E-state index is 0.0495. The fourth-order valence-electron chi connectivity index (χ4n) is 2.09. The SMILES string of the molecule is Clc1cc(C2(Cc3ncn[nH]3)COC2)ccn1. The molecule has 3 rings (SSSR count). The molecule has 1 aliphatic heterocycles. The van der Waals surface area contributed by atoms with Gasteiger partial charge in [0.25, 0.3) is 0 Å². The smallest absolute Gasteiger partial charge is 0.137 e. The zero-order valence-electron chi connectivity index (χ0n) is 9.06. The van der Waals surface area contributed by atoms with Crippen molar-refractivity contribution in [1.82, 2.24) is 20.2 Å². The Labute approximate surface area is 103 Å². The van der Waals surface area contributed by atoms with E-state index >= 15 is 0 Å². The monoisotopic (exact) mass is 250 g/mol. The molecule has 0 amide bonds. The molecular formula is C11H11ClN4O. The molecule has 0 unspecified atom stereocenters. The van der Waals surface area contributed by atoms with Gasteiger partial charge in [0.15, 0.2) is 0 Å². The van der Waals surface area contributed by atoms with Gasteiger partial charge < -0.3 is 4.74 Å². The van der Waals surface area contributed by atoms with Crippen molar-refractivity contribution in [2.24, 2.45) is 0 Å². The van der Waals surface area contributed by atoms with Crippen molar-refractivity contribution < 1.29 is 4.74 Å². The molecule has 0 saturated carbocycles. The van der Waals surface area contributed by atoms with Gasteiger partial charge in [-0.2, -0.15) is 5.10 Å². The van der Waals surface area contributed by atoms with E-state index < -0.39 is 0 Å². The van der Waals surface area contributed by atoms with Crippen molar-refractivity contribution in [1.29, 1.82) is 0 Å². The van der Waals surface area contributed by atoms with Gasteiger partial charge in [-0.05, 0) is 17.7 Å².